The summed E-state index contributed by atoms with van der Waals surface area (Å²) in [5.74, 6) is -0.415. The van der Waals surface area contributed by atoms with E-state index in [1.54, 1.807) is 18.2 Å². The summed E-state index contributed by atoms with van der Waals surface area (Å²) in [6.45, 7) is 0. The van der Waals surface area contributed by atoms with E-state index >= 15 is 0 Å². The molecule has 0 fully saturated rings. The lowest BCUT2D eigenvalue weighted by atomic mass is 10.2. The van der Waals surface area contributed by atoms with Gasteiger partial charge in [-0.2, -0.15) is 15.4 Å². The first kappa shape index (κ1) is 14.0. The number of carbonyl (C=O) groups is 1. The summed E-state index contributed by atoms with van der Waals surface area (Å²) in [5.41, 5.74) is 1.56. The Morgan fingerprint density at radius 1 is 1.18 bits per heavy atom. The van der Waals surface area contributed by atoms with E-state index in [2.05, 4.69) is 20.7 Å². The van der Waals surface area contributed by atoms with Crippen molar-refractivity contribution in [2.45, 2.75) is 0 Å². The number of halogens is 1. The van der Waals surface area contributed by atoms with Crippen molar-refractivity contribution in [2.24, 2.45) is 0 Å². The smallest absolute Gasteiger partial charge is 0.289 e. The van der Waals surface area contributed by atoms with Crippen LogP contribution in [-0.2, 0) is 0 Å². The number of nitro benzene ring substituents is 1. The second kappa shape index (κ2) is 5.41. The predicted molar refractivity (Wildman–Crippen MR) is 79.9 cm³/mol. The largest absolute Gasteiger partial charge is 0.322 e. The first-order valence-electron chi connectivity index (χ1n) is 6.10. The van der Waals surface area contributed by atoms with Crippen molar-refractivity contribution >= 4 is 39.9 Å². The molecule has 2 aromatic carbocycles. The Hall–Kier alpha value is -3.00. The number of rotatable bonds is 3. The van der Waals surface area contributed by atoms with Crippen LogP contribution in [0.15, 0.2) is 36.4 Å². The van der Waals surface area contributed by atoms with Gasteiger partial charge in [-0.1, -0.05) is 11.6 Å². The van der Waals surface area contributed by atoms with Crippen LogP contribution in [0, 0.1) is 10.1 Å². The van der Waals surface area contributed by atoms with Crippen molar-refractivity contribution < 1.29 is 9.72 Å². The van der Waals surface area contributed by atoms with Gasteiger partial charge in [0, 0.05) is 17.3 Å². The maximum Gasteiger partial charge on any atom is 0.289 e. The van der Waals surface area contributed by atoms with E-state index < -0.39 is 10.8 Å². The van der Waals surface area contributed by atoms with Crippen molar-refractivity contribution in [1.82, 2.24) is 15.4 Å². The van der Waals surface area contributed by atoms with Gasteiger partial charge in [0.15, 0.2) is 0 Å². The monoisotopic (exact) mass is 317 g/mol. The molecule has 0 aliphatic carbocycles. The number of nitrogens with zero attached hydrogens (tertiary/aromatic N) is 3. The number of aromatic nitrogens is 3. The summed E-state index contributed by atoms with van der Waals surface area (Å²) in [6.07, 6.45) is 0. The lowest BCUT2D eigenvalue weighted by Gasteiger charge is -2.05. The van der Waals surface area contributed by atoms with Gasteiger partial charge < -0.3 is 5.32 Å². The van der Waals surface area contributed by atoms with Crippen LogP contribution in [0.25, 0.3) is 11.0 Å². The summed E-state index contributed by atoms with van der Waals surface area (Å²) in [4.78, 5) is 22.4. The highest BCUT2D eigenvalue weighted by atomic mass is 35.5. The highest BCUT2D eigenvalue weighted by Gasteiger charge is 2.15. The van der Waals surface area contributed by atoms with Crippen molar-refractivity contribution in [2.75, 3.05) is 5.32 Å². The van der Waals surface area contributed by atoms with Gasteiger partial charge in [0.1, 0.15) is 16.1 Å². The Bertz CT molecular complexity index is 892. The van der Waals surface area contributed by atoms with E-state index in [9.17, 15) is 14.9 Å². The molecule has 22 heavy (non-hydrogen) atoms. The Labute approximate surface area is 128 Å². The van der Waals surface area contributed by atoms with Crippen LogP contribution in [0.5, 0.6) is 0 Å². The van der Waals surface area contributed by atoms with Crippen LogP contribution >= 0.6 is 11.6 Å². The zero-order valence-corrected chi connectivity index (χ0v) is 11.7. The number of H-pyrrole nitrogens is 1. The van der Waals surface area contributed by atoms with Gasteiger partial charge in [-0.3, -0.25) is 14.9 Å². The Kier molecular flexibility index (Phi) is 3.43. The topological polar surface area (TPSA) is 114 Å². The van der Waals surface area contributed by atoms with Crippen molar-refractivity contribution in [3.63, 3.8) is 0 Å². The molecular formula is C13H8ClN5O3. The van der Waals surface area contributed by atoms with Gasteiger partial charge >= 0.3 is 0 Å². The molecule has 0 unspecified atom stereocenters. The standard InChI is InChI=1S/C13H8ClN5O3/c14-9-3-2-8(6-12(9)19(21)22)15-13(20)7-1-4-10-11(5-7)17-18-16-10/h1-6H,(H,15,20)(H,16,17,18). The quantitative estimate of drug-likeness (QED) is 0.569. The fourth-order valence-electron chi connectivity index (χ4n) is 1.92. The fourth-order valence-corrected chi connectivity index (χ4v) is 2.10. The summed E-state index contributed by atoms with van der Waals surface area (Å²) < 4.78 is 0. The number of aromatic amines is 1. The summed E-state index contributed by atoms with van der Waals surface area (Å²) >= 11 is 5.72. The van der Waals surface area contributed by atoms with E-state index in [1.165, 1.54) is 18.2 Å². The van der Waals surface area contributed by atoms with Gasteiger partial charge in [0.25, 0.3) is 11.6 Å². The second-order valence-electron chi connectivity index (χ2n) is 4.40. The number of nitrogens with one attached hydrogen (secondary N) is 2. The molecule has 1 heterocycles. The second-order valence-corrected chi connectivity index (χ2v) is 4.81. The molecule has 0 saturated carbocycles. The summed E-state index contributed by atoms with van der Waals surface area (Å²) in [5, 5.41) is 23.7. The highest BCUT2D eigenvalue weighted by molar-refractivity contribution is 6.32. The molecule has 3 aromatic rings. The van der Waals surface area contributed by atoms with Gasteiger partial charge in [0.05, 0.1) is 4.92 Å². The highest BCUT2D eigenvalue weighted by Crippen LogP contribution is 2.27. The lowest BCUT2D eigenvalue weighted by Crippen LogP contribution is -2.12. The van der Waals surface area contributed by atoms with Crippen LogP contribution in [0.4, 0.5) is 11.4 Å². The molecule has 0 saturated heterocycles. The molecule has 0 radical (unpaired) electrons. The van der Waals surface area contributed by atoms with Gasteiger partial charge in [0.2, 0.25) is 0 Å². The number of hydrogen-bond donors (Lipinski definition) is 2. The fraction of sp³-hybridized carbons (Fsp3) is 0. The third-order valence-corrected chi connectivity index (χ3v) is 3.30. The number of fused-ring (bicyclic) bond motifs is 1. The van der Waals surface area contributed by atoms with Crippen molar-refractivity contribution in [3.8, 4) is 0 Å². The zero-order valence-electron chi connectivity index (χ0n) is 10.9. The average Bonchev–Trinajstić information content (AvgIpc) is 2.96. The van der Waals surface area contributed by atoms with Gasteiger partial charge in [-0.25, -0.2) is 0 Å². The van der Waals surface area contributed by atoms with Crippen LogP contribution in [-0.4, -0.2) is 26.2 Å². The van der Waals surface area contributed by atoms with E-state index in [4.69, 9.17) is 11.6 Å². The molecule has 0 aliphatic heterocycles. The van der Waals surface area contributed by atoms with Crippen LogP contribution in [0.1, 0.15) is 10.4 Å². The number of hydrogen-bond acceptors (Lipinski definition) is 5. The Balaban J connectivity index is 1.87. The molecule has 0 atom stereocenters. The van der Waals surface area contributed by atoms with Crippen LogP contribution in [0.2, 0.25) is 5.02 Å². The third-order valence-electron chi connectivity index (χ3n) is 2.98. The molecule has 9 heteroatoms. The first-order chi connectivity index (χ1) is 10.5. The number of anilines is 1. The molecule has 0 aliphatic rings. The lowest BCUT2D eigenvalue weighted by molar-refractivity contribution is -0.384. The Morgan fingerprint density at radius 3 is 2.73 bits per heavy atom. The Morgan fingerprint density at radius 2 is 1.95 bits per heavy atom. The van der Waals surface area contributed by atoms with E-state index in [1.807, 2.05) is 0 Å². The molecule has 2 N–H and O–H groups in total. The molecule has 1 aromatic heterocycles. The number of benzene rings is 2. The van der Waals surface area contributed by atoms with Crippen LogP contribution in [0.3, 0.4) is 0 Å². The molecule has 0 bridgehead atoms. The van der Waals surface area contributed by atoms with Crippen molar-refractivity contribution in [3.05, 3.63) is 57.1 Å². The summed E-state index contributed by atoms with van der Waals surface area (Å²) in [6, 6.07) is 8.86. The predicted octanol–water partition coefficient (Wildman–Crippen LogP) is 2.77. The number of nitro groups is 1. The van der Waals surface area contributed by atoms with Crippen molar-refractivity contribution in [1.29, 1.82) is 0 Å². The zero-order chi connectivity index (χ0) is 15.7. The summed E-state index contributed by atoms with van der Waals surface area (Å²) in [7, 11) is 0. The van der Waals surface area contributed by atoms with Crippen LogP contribution < -0.4 is 5.32 Å². The molecule has 8 nitrogen and oxygen atoms in total. The van der Waals surface area contributed by atoms with E-state index in [-0.39, 0.29) is 16.4 Å². The average molecular weight is 318 g/mol. The third kappa shape index (κ3) is 2.59. The maximum atomic E-state index is 12.2. The maximum absolute atomic E-state index is 12.2. The molecule has 1 amide bonds. The molecule has 3 rings (SSSR count). The number of amides is 1. The van der Waals surface area contributed by atoms with E-state index in [0.29, 0.717) is 16.6 Å². The first-order valence-corrected chi connectivity index (χ1v) is 6.48. The normalized spacial score (nSPS) is 10.6. The minimum Gasteiger partial charge on any atom is -0.322 e. The minimum atomic E-state index is -0.612. The van der Waals surface area contributed by atoms with Gasteiger partial charge in [-0.15, -0.1) is 0 Å². The SMILES string of the molecule is O=C(Nc1ccc(Cl)c([N+](=O)[O-])c1)c1ccc2n[nH]nc2c1. The van der Waals surface area contributed by atoms with Gasteiger partial charge in [-0.05, 0) is 30.3 Å². The molecule has 110 valence electrons. The minimum absolute atomic E-state index is 0.00650. The molecule has 0 spiro atoms. The number of carbonyl (C=O) groups excluding carboxylic acids is 1. The van der Waals surface area contributed by atoms with E-state index in [0.717, 1.165) is 0 Å². The molecular weight excluding hydrogens is 310 g/mol.